The zero-order valence-corrected chi connectivity index (χ0v) is 8.10. The minimum Gasteiger partial charge on any atom is -0.366 e. The normalized spacial score (nSPS) is 11.5. The Bertz CT molecular complexity index is 314. The van der Waals surface area contributed by atoms with E-state index in [0.29, 0.717) is 5.69 Å². The number of halogens is 4. The van der Waals surface area contributed by atoms with Crippen LogP contribution in [0.5, 0.6) is 0 Å². The van der Waals surface area contributed by atoms with E-state index in [4.69, 9.17) is 11.6 Å². The SMILES string of the molecule is CN(CC(F)(F)F)c1ccnc(Cl)c1. The maximum Gasteiger partial charge on any atom is 0.405 e. The van der Waals surface area contributed by atoms with E-state index < -0.39 is 12.7 Å². The monoisotopic (exact) mass is 224 g/mol. The summed E-state index contributed by atoms with van der Waals surface area (Å²) in [6.45, 7) is -1.01. The molecular formula is C8H8ClF3N2. The predicted octanol–water partition coefficient (Wildman–Crippen LogP) is 2.73. The molecule has 1 aromatic rings. The van der Waals surface area contributed by atoms with Crippen LogP contribution in [0.25, 0.3) is 0 Å². The summed E-state index contributed by atoms with van der Waals surface area (Å²) in [4.78, 5) is 4.74. The van der Waals surface area contributed by atoms with Crippen molar-refractivity contribution in [3.8, 4) is 0 Å². The van der Waals surface area contributed by atoms with E-state index >= 15 is 0 Å². The maximum absolute atomic E-state index is 12.0. The Morgan fingerprint density at radius 1 is 1.50 bits per heavy atom. The molecule has 0 amide bonds. The van der Waals surface area contributed by atoms with Crippen molar-refractivity contribution in [1.29, 1.82) is 0 Å². The number of anilines is 1. The van der Waals surface area contributed by atoms with Crippen molar-refractivity contribution >= 4 is 17.3 Å². The van der Waals surface area contributed by atoms with Crippen LogP contribution in [-0.2, 0) is 0 Å². The van der Waals surface area contributed by atoms with Gasteiger partial charge in [0.05, 0.1) is 0 Å². The molecule has 0 atom stereocenters. The first-order valence-electron chi connectivity index (χ1n) is 3.78. The van der Waals surface area contributed by atoms with E-state index in [0.717, 1.165) is 4.90 Å². The Kier molecular flexibility index (Phi) is 3.21. The molecule has 1 aromatic heterocycles. The lowest BCUT2D eigenvalue weighted by molar-refractivity contribution is -0.119. The fourth-order valence-electron chi connectivity index (χ4n) is 0.990. The van der Waals surface area contributed by atoms with Crippen LogP contribution in [0.3, 0.4) is 0 Å². The smallest absolute Gasteiger partial charge is 0.366 e. The van der Waals surface area contributed by atoms with E-state index in [9.17, 15) is 13.2 Å². The quantitative estimate of drug-likeness (QED) is 0.718. The molecule has 0 bridgehead atoms. The molecule has 0 saturated heterocycles. The summed E-state index contributed by atoms with van der Waals surface area (Å²) in [6.07, 6.45) is -2.85. The molecular weight excluding hydrogens is 217 g/mol. The lowest BCUT2D eigenvalue weighted by atomic mass is 10.3. The van der Waals surface area contributed by atoms with Gasteiger partial charge in [-0.05, 0) is 12.1 Å². The van der Waals surface area contributed by atoms with Gasteiger partial charge in [0.25, 0.3) is 0 Å². The van der Waals surface area contributed by atoms with Gasteiger partial charge in [-0.3, -0.25) is 0 Å². The van der Waals surface area contributed by atoms with Gasteiger partial charge in [0, 0.05) is 18.9 Å². The van der Waals surface area contributed by atoms with Gasteiger partial charge < -0.3 is 4.90 Å². The van der Waals surface area contributed by atoms with E-state index in [1.807, 2.05) is 0 Å². The summed E-state index contributed by atoms with van der Waals surface area (Å²) in [5, 5.41) is 0.177. The predicted molar refractivity (Wildman–Crippen MR) is 48.6 cm³/mol. The average molecular weight is 225 g/mol. The Morgan fingerprint density at radius 2 is 2.14 bits per heavy atom. The number of alkyl halides is 3. The Morgan fingerprint density at radius 3 is 2.64 bits per heavy atom. The van der Waals surface area contributed by atoms with Crippen LogP contribution in [-0.4, -0.2) is 24.8 Å². The van der Waals surface area contributed by atoms with Crippen molar-refractivity contribution in [3.05, 3.63) is 23.5 Å². The summed E-state index contributed by atoms with van der Waals surface area (Å²) in [5.41, 5.74) is 0.391. The van der Waals surface area contributed by atoms with Crippen molar-refractivity contribution in [2.24, 2.45) is 0 Å². The largest absolute Gasteiger partial charge is 0.405 e. The first kappa shape index (κ1) is 11.1. The number of aromatic nitrogens is 1. The van der Waals surface area contributed by atoms with Crippen LogP contribution in [0.1, 0.15) is 0 Å². The van der Waals surface area contributed by atoms with Gasteiger partial charge in [0.2, 0.25) is 0 Å². The number of hydrogen-bond donors (Lipinski definition) is 0. The van der Waals surface area contributed by atoms with Crippen molar-refractivity contribution < 1.29 is 13.2 Å². The van der Waals surface area contributed by atoms with Gasteiger partial charge in [-0.15, -0.1) is 0 Å². The van der Waals surface area contributed by atoms with Gasteiger partial charge in [-0.25, -0.2) is 4.98 Å². The lowest BCUT2D eigenvalue weighted by Crippen LogP contribution is -2.30. The lowest BCUT2D eigenvalue weighted by Gasteiger charge is -2.20. The summed E-state index contributed by atoms with van der Waals surface area (Å²) < 4.78 is 36.0. The third kappa shape index (κ3) is 3.41. The van der Waals surface area contributed by atoms with Crippen molar-refractivity contribution in [1.82, 2.24) is 4.98 Å². The molecule has 0 fully saturated rings. The molecule has 1 rings (SSSR count). The second kappa shape index (κ2) is 4.04. The van der Waals surface area contributed by atoms with Gasteiger partial charge in [-0.2, -0.15) is 13.2 Å². The number of pyridine rings is 1. The molecule has 0 unspecified atom stereocenters. The molecule has 1 heterocycles. The second-order valence-electron chi connectivity index (χ2n) is 2.81. The first-order valence-corrected chi connectivity index (χ1v) is 4.16. The highest BCUT2D eigenvalue weighted by Gasteiger charge is 2.29. The zero-order valence-electron chi connectivity index (χ0n) is 7.35. The Hall–Kier alpha value is -0.970. The first-order chi connectivity index (χ1) is 6.38. The fraction of sp³-hybridized carbons (Fsp3) is 0.375. The van der Waals surface area contributed by atoms with Crippen LogP contribution in [0.15, 0.2) is 18.3 Å². The Balaban J connectivity index is 2.74. The number of rotatable bonds is 2. The third-order valence-electron chi connectivity index (χ3n) is 1.57. The van der Waals surface area contributed by atoms with Crippen LogP contribution in [0.4, 0.5) is 18.9 Å². The topological polar surface area (TPSA) is 16.1 Å². The van der Waals surface area contributed by atoms with Crippen LogP contribution in [0, 0.1) is 0 Å². The van der Waals surface area contributed by atoms with Gasteiger partial charge >= 0.3 is 6.18 Å². The average Bonchev–Trinajstić information content (AvgIpc) is 2.01. The third-order valence-corrected chi connectivity index (χ3v) is 1.77. The van der Waals surface area contributed by atoms with Gasteiger partial charge in [-0.1, -0.05) is 11.6 Å². The summed E-state index contributed by atoms with van der Waals surface area (Å²) in [5.74, 6) is 0. The molecule has 0 spiro atoms. The fourth-order valence-corrected chi connectivity index (χ4v) is 1.16. The van der Waals surface area contributed by atoms with Gasteiger partial charge in [0.1, 0.15) is 11.7 Å². The summed E-state index contributed by atoms with van der Waals surface area (Å²) >= 11 is 5.54. The van der Waals surface area contributed by atoms with Crippen LogP contribution >= 0.6 is 11.6 Å². The van der Waals surface area contributed by atoms with E-state index in [1.165, 1.54) is 25.4 Å². The van der Waals surface area contributed by atoms with Crippen molar-refractivity contribution in [2.45, 2.75) is 6.18 Å². The highest BCUT2D eigenvalue weighted by atomic mass is 35.5. The summed E-state index contributed by atoms with van der Waals surface area (Å²) in [7, 11) is 1.35. The van der Waals surface area contributed by atoms with E-state index in [1.54, 1.807) is 0 Å². The summed E-state index contributed by atoms with van der Waals surface area (Å²) in [6, 6.07) is 2.85. The zero-order chi connectivity index (χ0) is 10.8. The van der Waals surface area contributed by atoms with E-state index in [-0.39, 0.29) is 5.15 Å². The molecule has 2 nitrogen and oxygen atoms in total. The molecule has 0 aliphatic rings. The number of nitrogens with zero attached hydrogens (tertiary/aromatic N) is 2. The number of hydrogen-bond acceptors (Lipinski definition) is 2. The standard InChI is InChI=1S/C8H8ClF3N2/c1-14(5-8(10,11)12)6-2-3-13-7(9)4-6/h2-4H,5H2,1H3. The minimum atomic E-state index is -4.22. The Labute approximate surface area is 84.3 Å². The second-order valence-corrected chi connectivity index (χ2v) is 3.20. The molecule has 0 saturated carbocycles. The minimum absolute atomic E-state index is 0.177. The van der Waals surface area contributed by atoms with Crippen molar-refractivity contribution in [2.75, 3.05) is 18.5 Å². The van der Waals surface area contributed by atoms with Gasteiger partial charge in [0.15, 0.2) is 0 Å². The van der Waals surface area contributed by atoms with Crippen LogP contribution < -0.4 is 4.90 Å². The molecule has 78 valence electrons. The molecule has 0 N–H and O–H groups in total. The molecule has 14 heavy (non-hydrogen) atoms. The molecule has 0 aliphatic heterocycles. The van der Waals surface area contributed by atoms with E-state index in [2.05, 4.69) is 4.98 Å². The molecule has 0 aliphatic carbocycles. The van der Waals surface area contributed by atoms with Crippen molar-refractivity contribution in [3.63, 3.8) is 0 Å². The maximum atomic E-state index is 12.0. The molecule has 0 aromatic carbocycles. The highest BCUT2D eigenvalue weighted by Crippen LogP contribution is 2.21. The molecule has 0 radical (unpaired) electrons. The highest BCUT2D eigenvalue weighted by molar-refractivity contribution is 6.29. The van der Waals surface area contributed by atoms with Crippen LogP contribution in [0.2, 0.25) is 5.15 Å². The molecule has 6 heteroatoms.